The smallest absolute Gasteiger partial charge is 0.407 e. The number of nitrogens with one attached hydrogen (secondary N) is 1. The fourth-order valence-electron chi connectivity index (χ4n) is 1.43. The normalized spacial score (nSPS) is 12.3. The van der Waals surface area contributed by atoms with Gasteiger partial charge in [0.2, 0.25) is 0 Å². The number of Topliss-reactive ketones (excluding diaryl/α,β-unsaturated/α-hetero) is 1. The molecule has 0 fully saturated rings. The van der Waals surface area contributed by atoms with Gasteiger partial charge in [0, 0.05) is 6.54 Å². The van der Waals surface area contributed by atoms with E-state index in [-0.39, 0.29) is 5.78 Å². The lowest BCUT2D eigenvalue weighted by molar-refractivity contribution is -0.119. The molecule has 0 aliphatic rings. The highest BCUT2D eigenvalue weighted by molar-refractivity contribution is 5.85. The highest BCUT2D eigenvalue weighted by Gasteiger charge is 2.17. The number of ketones is 1. The van der Waals surface area contributed by atoms with Crippen molar-refractivity contribution < 1.29 is 14.3 Å². The highest BCUT2D eigenvalue weighted by Crippen LogP contribution is 1.98. The van der Waals surface area contributed by atoms with Crippen LogP contribution in [0.2, 0.25) is 0 Å². The Hall–Kier alpha value is -1.10. The van der Waals surface area contributed by atoms with Crippen molar-refractivity contribution in [1.29, 1.82) is 0 Å². The summed E-state index contributed by atoms with van der Waals surface area (Å²) in [6.45, 7) is 8.29. The van der Waals surface area contributed by atoms with E-state index < -0.39 is 12.1 Å². The maximum Gasteiger partial charge on any atom is 0.407 e. The molecule has 1 atom stereocenters. The van der Waals surface area contributed by atoms with Crippen molar-refractivity contribution in [2.75, 3.05) is 26.7 Å². The molecule has 5 nitrogen and oxygen atoms in total. The number of alkyl carbamates (subject to hydrolysis) is 1. The van der Waals surface area contributed by atoms with Crippen molar-refractivity contribution in [2.24, 2.45) is 0 Å². The largest absolute Gasteiger partial charge is 0.453 e. The number of hydrogen-bond donors (Lipinski definition) is 1. The quantitative estimate of drug-likeness (QED) is 0.709. The first-order valence-electron chi connectivity index (χ1n) is 5.62. The Morgan fingerprint density at radius 1 is 1.31 bits per heavy atom. The van der Waals surface area contributed by atoms with E-state index in [1.807, 2.05) is 0 Å². The molecule has 0 saturated carbocycles. The van der Waals surface area contributed by atoms with Gasteiger partial charge in [-0.1, -0.05) is 13.8 Å². The Balaban J connectivity index is 4.13. The molecule has 1 unspecified atom stereocenters. The summed E-state index contributed by atoms with van der Waals surface area (Å²) in [6.07, 6.45) is 0.0614. The van der Waals surface area contributed by atoms with Crippen LogP contribution >= 0.6 is 0 Å². The number of nitrogens with zero attached hydrogens (tertiary/aromatic N) is 1. The molecule has 0 aliphatic heterocycles. The number of amides is 1. The second-order valence-corrected chi connectivity index (χ2v) is 3.61. The third-order valence-corrected chi connectivity index (χ3v) is 2.60. The molecule has 0 spiro atoms. The Morgan fingerprint density at radius 2 is 1.88 bits per heavy atom. The molecule has 0 rings (SSSR count). The summed E-state index contributed by atoms with van der Waals surface area (Å²) in [5, 5.41) is 2.53. The lowest BCUT2D eigenvalue weighted by Gasteiger charge is -2.21. The van der Waals surface area contributed by atoms with Crippen molar-refractivity contribution >= 4 is 11.9 Å². The van der Waals surface area contributed by atoms with Gasteiger partial charge in [-0.05, 0) is 26.4 Å². The van der Waals surface area contributed by atoms with E-state index in [1.165, 1.54) is 14.0 Å². The minimum atomic E-state index is -0.556. The molecular formula is C11H22N2O3. The van der Waals surface area contributed by atoms with Crippen LogP contribution in [0.1, 0.15) is 27.2 Å². The predicted octanol–water partition coefficient (Wildman–Crippen LogP) is 1.03. The van der Waals surface area contributed by atoms with Gasteiger partial charge in [-0.2, -0.15) is 0 Å². The number of ether oxygens (including phenoxy) is 1. The molecule has 16 heavy (non-hydrogen) atoms. The maximum atomic E-state index is 11.3. The van der Waals surface area contributed by atoms with E-state index in [1.54, 1.807) is 0 Å². The zero-order chi connectivity index (χ0) is 12.6. The zero-order valence-electron chi connectivity index (χ0n) is 10.6. The van der Waals surface area contributed by atoms with Gasteiger partial charge in [-0.3, -0.25) is 4.79 Å². The van der Waals surface area contributed by atoms with E-state index in [2.05, 4.69) is 28.8 Å². The van der Waals surface area contributed by atoms with Crippen LogP contribution in [0.4, 0.5) is 4.79 Å². The third kappa shape index (κ3) is 5.70. The lowest BCUT2D eigenvalue weighted by atomic mass is 10.1. The van der Waals surface area contributed by atoms with Crippen molar-refractivity contribution in [3.63, 3.8) is 0 Å². The summed E-state index contributed by atoms with van der Waals surface area (Å²) in [4.78, 5) is 24.5. The van der Waals surface area contributed by atoms with Gasteiger partial charge in [0.15, 0.2) is 5.78 Å². The average Bonchev–Trinajstić information content (AvgIpc) is 2.28. The molecule has 0 heterocycles. The average molecular weight is 230 g/mol. The van der Waals surface area contributed by atoms with E-state index in [0.717, 1.165) is 19.6 Å². The van der Waals surface area contributed by atoms with Crippen LogP contribution < -0.4 is 5.32 Å². The zero-order valence-corrected chi connectivity index (χ0v) is 10.6. The Bertz CT molecular complexity index is 227. The molecule has 0 aliphatic carbocycles. The minimum absolute atomic E-state index is 0.0439. The number of rotatable bonds is 7. The molecule has 1 amide bonds. The lowest BCUT2D eigenvalue weighted by Crippen LogP contribution is -2.42. The van der Waals surface area contributed by atoms with Crippen LogP contribution in [0, 0.1) is 0 Å². The van der Waals surface area contributed by atoms with Crippen LogP contribution in [0.5, 0.6) is 0 Å². The second kappa shape index (κ2) is 8.10. The molecule has 5 heteroatoms. The van der Waals surface area contributed by atoms with Gasteiger partial charge in [0.25, 0.3) is 0 Å². The Labute approximate surface area is 97.1 Å². The number of carbonyl (C=O) groups excluding carboxylic acids is 2. The minimum Gasteiger partial charge on any atom is -0.453 e. The van der Waals surface area contributed by atoms with Gasteiger partial charge in [-0.15, -0.1) is 0 Å². The summed E-state index contributed by atoms with van der Waals surface area (Å²) in [5.41, 5.74) is 0. The molecule has 0 radical (unpaired) electrons. The molecule has 94 valence electrons. The van der Waals surface area contributed by atoms with Crippen LogP contribution in [0.15, 0.2) is 0 Å². The van der Waals surface area contributed by atoms with E-state index in [0.29, 0.717) is 6.42 Å². The summed E-state index contributed by atoms with van der Waals surface area (Å²) < 4.78 is 4.47. The maximum absolute atomic E-state index is 11.3. The predicted molar refractivity (Wildman–Crippen MR) is 62.4 cm³/mol. The van der Waals surface area contributed by atoms with Gasteiger partial charge in [0.1, 0.15) is 0 Å². The summed E-state index contributed by atoms with van der Waals surface area (Å²) >= 11 is 0. The first-order valence-corrected chi connectivity index (χ1v) is 5.62. The molecule has 0 aromatic rings. The molecule has 0 bridgehead atoms. The van der Waals surface area contributed by atoms with E-state index >= 15 is 0 Å². The molecule has 0 saturated heterocycles. The van der Waals surface area contributed by atoms with Gasteiger partial charge < -0.3 is 15.0 Å². The van der Waals surface area contributed by atoms with Gasteiger partial charge >= 0.3 is 6.09 Å². The Morgan fingerprint density at radius 3 is 2.25 bits per heavy atom. The van der Waals surface area contributed by atoms with E-state index in [9.17, 15) is 9.59 Å². The van der Waals surface area contributed by atoms with Gasteiger partial charge in [-0.25, -0.2) is 4.79 Å². The van der Waals surface area contributed by atoms with Crippen LogP contribution in [-0.4, -0.2) is 49.6 Å². The van der Waals surface area contributed by atoms with Gasteiger partial charge in [0.05, 0.1) is 13.2 Å². The fourth-order valence-corrected chi connectivity index (χ4v) is 1.43. The summed E-state index contributed by atoms with van der Waals surface area (Å²) in [5.74, 6) is -0.0439. The first-order chi connectivity index (χ1) is 7.54. The standard InChI is InChI=1S/C11H22N2O3/c1-5-13(6-2)8-7-10(9(3)14)12-11(15)16-4/h10H,5-8H2,1-4H3,(H,12,15). The van der Waals surface area contributed by atoms with E-state index in [4.69, 9.17) is 0 Å². The van der Waals surface area contributed by atoms with Crippen LogP contribution in [-0.2, 0) is 9.53 Å². The van der Waals surface area contributed by atoms with Crippen molar-refractivity contribution in [1.82, 2.24) is 10.2 Å². The highest BCUT2D eigenvalue weighted by atomic mass is 16.5. The molecular weight excluding hydrogens is 208 g/mol. The van der Waals surface area contributed by atoms with Crippen molar-refractivity contribution in [2.45, 2.75) is 33.2 Å². The van der Waals surface area contributed by atoms with Crippen LogP contribution in [0.3, 0.4) is 0 Å². The first kappa shape index (κ1) is 14.9. The molecule has 0 aromatic carbocycles. The summed E-state index contributed by atoms with van der Waals surface area (Å²) in [6, 6.07) is -0.451. The summed E-state index contributed by atoms with van der Waals surface area (Å²) in [7, 11) is 1.29. The van der Waals surface area contributed by atoms with Crippen LogP contribution in [0.25, 0.3) is 0 Å². The fraction of sp³-hybridized carbons (Fsp3) is 0.818. The third-order valence-electron chi connectivity index (χ3n) is 2.60. The Kier molecular flexibility index (Phi) is 7.54. The SMILES string of the molecule is CCN(CC)CCC(NC(=O)OC)C(C)=O. The number of hydrogen-bond acceptors (Lipinski definition) is 4. The number of methoxy groups -OCH3 is 1. The molecule has 0 aromatic heterocycles. The van der Waals surface area contributed by atoms with Crippen molar-refractivity contribution in [3.05, 3.63) is 0 Å². The van der Waals surface area contributed by atoms with Crippen molar-refractivity contribution in [3.8, 4) is 0 Å². The molecule has 1 N–H and O–H groups in total. The topological polar surface area (TPSA) is 58.6 Å². The number of carbonyl (C=O) groups is 2. The second-order valence-electron chi connectivity index (χ2n) is 3.61. The monoisotopic (exact) mass is 230 g/mol.